The summed E-state index contributed by atoms with van der Waals surface area (Å²) in [6, 6.07) is 13.3. The van der Waals surface area contributed by atoms with Gasteiger partial charge in [0.15, 0.2) is 0 Å². The lowest BCUT2D eigenvalue weighted by Crippen LogP contribution is -2.43. The number of piperidine rings is 1. The third kappa shape index (κ3) is 4.52. The Kier molecular flexibility index (Phi) is 6.82. The first-order valence-electron chi connectivity index (χ1n) is 12.4. The van der Waals surface area contributed by atoms with Gasteiger partial charge in [0.25, 0.3) is 10.0 Å². The maximum atomic E-state index is 13.6. The Balaban J connectivity index is 1.52. The van der Waals surface area contributed by atoms with Gasteiger partial charge in [-0.3, -0.25) is 4.90 Å². The molecule has 0 spiro atoms. The number of likely N-dealkylation sites (tertiary alicyclic amines) is 1. The highest BCUT2D eigenvalue weighted by Gasteiger charge is 2.30. The fourth-order valence-electron chi connectivity index (χ4n) is 5.61. The van der Waals surface area contributed by atoms with E-state index >= 15 is 0 Å². The molecule has 2 heterocycles. The second-order valence-corrected chi connectivity index (χ2v) is 12.1. The molecule has 0 amide bonds. The van der Waals surface area contributed by atoms with Crippen molar-refractivity contribution in [3.63, 3.8) is 0 Å². The second kappa shape index (κ2) is 9.89. The first-order valence-corrected chi connectivity index (χ1v) is 14.2. The van der Waals surface area contributed by atoms with Gasteiger partial charge in [-0.25, -0.2) is 12.4 Å². The van der Waals surface area contributed by atoms with Crippen LogP contribution in [0.4, 0.5) is 0 Å². The summed E-state index contributed by atoms with van der Waals surface area (Å²) in [5.41, 5.74) is 4.23. The number of rotatable bonds is 5. The molecule has 1 aliphatic heterocycles. The van der Waals surface area contributed by atoms with E-state index in [1.807, 2.05) is 50.3 Å². The molecule has 5 nitrogen and oxygen atoms in total. The van der Waals surface area contributed by atoms with Gasteiger partial charge >= 0.3 is 0 Å². The zero-order chi connectivity index (χ0) is 25.4. The Labute approximate surface area is 218 Å². The van der Waals surface area contributed by atoms with E-state index in [2.05, 4.69) is 17.0 Å². The van der Waals surface area contributed by atoms with Crippen LogP contribution in [0, 0.1) is 31.1 Å². The number of hydrogen-bond donors (Lipinski definition) is 0. The van der Waals surface area contributed by atoms with Crippen molar-refractivity contribution in [2.24, 2.45) is 5.92 Å². The van der Waals surface area contributed by atoms with Crippen LogP contribution in [0.15, 0.2) is 71.3 Å². The highest BCUT2D eigenvalue weighted by molar-refractivity contribution is 7.90. The van der Waals surface area contributed by atoms with Crippen LogP contribution in [0.3, 0.4) is 0 Å². The van der Waals surface area contributed by atoms with E-state index in [-0.39, 0.29) is 4.90 Å². The predicted octanol–water partition coefficient (Wildman–Crippen LogP) is 6.53. The molecule has 1 fully saturated rings. The van der Waals surface area contributed by atoms with Crippen LogP contribution in [-0.4, -0.2) is 29.9 Å². The summed E-state index contributed by atoms with van der Waals surface area (Å²) in [6.45, 7) is 5.48. The van der Waals surface area contributed by atoms with E-state index < -0.39 is 10.0 Å². The molecule has 0 radical (unpaired) electrons. The first-order chi connectivity index (χ1) is 17.3. The third-order valence-electron chi connectivity index (χ3n) is 7.54. The van der Waals surface area contributed by atoms with Crippen molar-refractivity contribution in [1.82, 2.24) is 8.87 Å². The maximum Gasteiger partial charge on any atom is 0.268 e. The van der Waals surface area contributed by atoms with E-state index in [9.17, 15) is 13.7 Å². The van der Waals surface area contributed by atoms with Crippen molar-refractivity contribution in [2.75, 3.05) is 6.54 Å². The van der Waals surface area contributed by atoms with E-state index in [4.69, 9.17) is 11.6 Å². The number of halogens is 1. The largest absolute Gasteiger partial charge is 0.295 e. The standard InChI is InChI=1S/C29H30ClN3O2S/c1-20-6-12-24(13-7-20)36(34,35)33-16-14-25-26(27(30)17-21(2)29(25)33)19-32-15-4-3-5-28(32)23-10-8-22(18-31)9-11-23/h6-10,12-14,16-17,23,28H,3-5,11,15,19H2,1-2H3. The van der Waals surface area contributed by atoms with Gasteiger partial charge in [0.1, 0.15) is 0 Å². The van der Waals surface area contributed by atoms with Crippen molar-refractivity contribution in [3.8, 4) is 6.07 Å². The maximum absolute atomic E-state index is 13.6. The lowest BCUT2D eigenvalue weighted by Gasteiger charge is -2.40. The SMILES string of the molecule is Cc1ccc(S(=O)(=O)n2ccc3c(CN4CCCCC4C4C=CC(C#N)=CC4)c(Cl)cc(C)c32)cc1. The Morgan fingerprint density at radius 2 is 1.92 bits per heavy atom. The Morgan fingerprint density at radius 1 is 1.14 bits per heavy atom. The summed E-state index contributed by atoms with van der Waals surface area (Å²) >= 11 is 6.81. The fourth-order valence-corrected chi connectivity index (χ4v) is 7.35. The number of hydrogen-bond acceptors (Lipinski definition) is 4. The summed E-state index contributed by atoms with van der Waals surface area (Å²) in [6.07, 6.45) is 12.1. The first kappa shape index (κ1) is 24.8. The smallest absolute Gasteiger partial charge is 0.268 e. The summed E-state index contributed by atoms with van der Waals surface area (Å²) in [5, 5.41) is 10.7. The quantitative estimate of drug-likeness (QED) is 0.384. The van der Waals surface area contributed by atoms with E-state index in [0.29, 0.717) is 29.0 Å². The van der Waals surface area contributed by atoms with Gasteiger partial charge in [0.2, 0.25) is 0 Å². The van der Waals surface area contributed by atoms with Crippen molar-refractivity contribution < 1.29 is 8.42 Å². The molecule has 186 valence electrons. The molecule has 3 aromatic rings. The fraction of sp³-hybridized carbons (Fsp3) is 0.345. The van der Waals surface area contributed by atoms with Crippen LogP contribution in [-0.2, 0) is 16.6 Å². The van der Waals surface area contributed by atoms with Crippen LogP contribution in [0.1, 0.15) is 42.4 Å². The molecule has 0 bridgehead atoms. The normalized spacial score (nSPS) is 20.9. The van der Waals surface area contributed by atoms with E-state index in [1.165, 1.54) is 10.4 Å². The average molecular weight is 520 g/mol. The predicted molar refractivity (Wildman–Crippen MR) is 144 cm³/mol. The molecule has 0 N–H and O–H groups in total. The number of nitriles is 1. The molecule has 1 aliphatic carbocycles. The van der Waals surface area contributed by atoms with Gasteiger partial charge in [0, 0.05) is 34.8 Å². The minimum absolute atomic E-state index is 0.270. The average Bonchev–Trinajstić information content (AvgIpc) is 3.34. The molecule has 1 aromatic heterocycles. The lowest BCUT2D eigenvalue weighted by molar-refractivity contribution is 0.108. The molecular weight excluding hydrogens is 490 g/mol. The van der Waals surface area contributed by atoms with Crippen LogP contribution >= 0.6 is 11.6 Å². The van der Waals surface area contributed by atoms with Crippen molar-refractivity contribution in [3.05, 3.63) is 88.1 Å². The molecule has 2 unspecified atom stereocenters. The summed E-state index contributed by atoms with van der Waals surface area (Å²) < 4.78 is 28.5. The molecule has 7 heteroatoms. The molecule has 36 heavy (non-hydrogen) atoms. The van der Waals surface area contributed by atoms with Gasteiger partial charge in [-0.1, -0.05) is 47.9 Å². The van der Waals surface area contributed by atoms with E-state index in [0.717, 1.165) is 53.5 Å². The zero-order valence-electron chi connectivity index (χ0n) is 20.6. The van der Waals surface area contributed by atoms with Gasteiger partial charge in [-0.2, -0.15) is 5.26 Å². The van der Waals surface area contributed by atoms with Crippen LogP contribution in [0.25, 0.3) is 10.9 Å². The highest BCUT2D eigenvalue weighted by Crippen LogP contribution is 2.36. The number of fused-ring (bicyclic) bond motifs is 1. The minimum atomic E-state index is -3.74. The van der Waals surface area contributed by atoms with Crippen LogP contribution in [0.2, 0.25) is 5.02 Å². The Bertz CT molecular complexity index is 1510. The number of aryl methyl sites for hydroxylation is 2. The Morgan fingerprint density at radius 3 is 2.61 bits per heavy atom. The van der Waals surface area contributed by atoms with Gasteiger partial charge in [-0.15, -0.1) is 0 Å². The second-order valence-electron chi connectivity index (χ2n) is 9.91. The molecule has 1 saturated heterocycles. The van der Waals surface area contributed by atoms with Crippen molar-refractivity contribution >= 4 is 32.5 Å². The number of aromatic nitrogens is 1. The Hall–Kier alpha value is -2.85. The molecular formula is C29H30ClN3O2S. The van der Waals surface area contributed by atoms with E-state index in [1.54, 1.807) is 18.3 Å². The molecule has 2 atom stereocenters. The summed E-state index contributed by atoms with van der Waals surface area (Å²) in [5.74, 6) is 0.355. The van der Waals surface area contributed by atoms with Gasteiger partial charge < -0.3 is 0 Å². The van der Waals surface area contributed by atoms with Crippen LogP contribution in [0.5, 0.6) is 0 Å². The summed E-state index contributed by atoms with van der Waals surface area (Å²) in [4.78, 5) is 2.76. The molecule has 5 rings (SSSR count). The summed E-state index contributed by atoms with van der Waals surface area (Å²) in [7, 11) is -3.74. The van der Waals surface area contributed by atoms with Crippen molar-refractivity contribution in [1.29, 1.82) is 5.26 Å². The number of nitrogens with zero attached hydrogens (tertiary/aromatic N) is 3. The lowest BCUT2D eigenvalue weighted by atomic mass is 9.84. The zero-order valence-corrected chi connectivity index (χ0v) is 22.2. The molecule has 0 saturated carbocycles. The van der Waals surface area contributed by atoms with Crippen LogP contribution < -0.4 is 0 Å². The van der Waals surface area contributed by atoms with Crippen molar-refractivity contribution in [2.45, 2.75) is 57.0 Å². The van der Waals surface area contributed by atoms with Gasteiger partial charge in [-0.05, 0) is 87.0 Å². The topological polar surface area (TPSA) is 66.1 Å². The minimum Gasteiger partial charge on any atom is -0.295 e. The highest BCUT2D eigenvalue weighted by atomic mass is 35.5. The molecule has 2 aromatic carbocycles. The number of allylic oxidation sites excluding steroid dienone is 3. The van der Waals surface area contributed by atoms with Gasteiger partial charge in [0.05, 0.1) is 16.5 Å². The monoisotopic (exact) mass is 519 g/mol. The molecule has 2 aliphatic rings. The number of benzene rings is 2. The third-order valence-corrected chi connectivity index (χ3v) is 9.57.